The molecule has 0 aromatic rings. The van der Waals surface area contributed by atoms with Crippen molar-refractivity contribution in [1.29, 1.82) is 0 Å². The Morgan fingerprint density at radius 3 is 2.21 bits per heavy atom. The molecule has 0 bridgehead atoms. The van der Waals surface area contributed by atoms with E-state index in [4.69, 9.17) is 0 Å². The number of carbonyl (C=O) groups excluding carboxylic acids is 2. The van der Waals surface area contributed by atoms with Crippen LogP contribution >= 0.6 is 0 Å². The van der Waals surface area contributed by atoms with Gasteiger partial charge in [0.15, 0.2) is 0 Å². The Kier molecular flexibility index (Phi) is 5.23. The highest BCUT2D eigenvalue weighted by atomic mass is 16.2. The lowest BCUT2D eigenvalue weighted by atomic mass is 9.88. The molecule has 2 aliphatic rings. The first-order valence-corrected chi connectivity index (χ1v) is 7.77. The number of piperidine rings is 1. The van der Waals surface area contributed by atoms with Crippen molar-refractivity contribution in [3.05, 3.63) is 0 Å². The van der Waals surface area contributed by atoms with Crippen LogP contribution in [0.4, 0.5) is 0 Å². The lowest BCUT2D eigenvalue weighted by Gasteiger charge is -2.30. The minimum atomic E-state index is -0.368. The van der Waals surface area contributed by atoms with Crippen LogP contribution < -0.4 is 5.32 Å². The second-order valence-electron chi connectivity index (χ2n) is 5.95. The zero-order valence-corrected chi connectivity index (χ0v) is 12.0. The Labute approximate surface area is 115 Å². The lowest BCUT2D eigenvalue weighted by Crippen LogP contribution is -2.49. The molecule has 0 aromatic heterocycles. The number of nitrogens with one attached hydrogen (secondary N) is 1. The summed E-state index contributed by atoms with van der Waals surface area (Å²) in [7, 11) is 0. The van der Waals surface area contributed by atoms with Gasteiger partial charge >= 0.3 is 0 Å². The summed E-state index contributed by atoms with van der Waals surface area (Å²) in [5.74, 6) is 0.298. The molecule has 108 valence electrons. The zero-order valence-electron chi connectivity index (χ0n) is 12.0. The summed E-state index contributed by atoms with van der Waals surface area (Å²) in [6, 6.07) is -0.368. The predicted octanol–water partition coefficient (Wildman–Crippen LogP) is 2.08. The van der Waals surface area contributed by atoms with E-state index in [-0.39, 0.29) is 23.8 Å². The monoisotopic (exact) mass is 266 g/mol. The van der Waals surface area contributed by atoms with Crippen LogP contribution in [0, 0.1) is 5.92 Å². The fourth-order valence-electron chi connectivity index (χ4n) is 3.15. The zero-order chi connectivity index (χ0) is 13.7. The van der Waals surface area contributed by atoms with Gasteiger partial charge in [-0.3, -0.25) is 9.59 Å². The summed E-state index contributed by atoms with van der Waals surface area (Å²) >= 11 is 0. The number of rotatable bonds is 3. The number of likely N-dealkylation sites (tertiary alicyclic amines) is 1. The summed E-state index contributed by atoms with van der Waals surface area (Å²) in [5, 5.41) is 2.92. The maximum absolute atomic E-state index is 12.2. The number of amides is 2. The summed E-state index contributed by atoms with van der Waals surface area (Å²) in [6.45, 7) is 3.52. The molecule has 2 fully saturated rings. The van der Waals surface area contributed by atoms with E-state index in [1.54, 1.807) is 0 Å². The van der Waals surface area contributed by atoms with E-state index in [1.807, 2.05) is 11.8 Å². The summed E-state index contributed by atoms with van der Waals surface area (Å²) in [5.41, 5.74) is 0. The molecular weight excluding hydrogens is 240 g/mol. The van der Waals surface area contributed by atoms with Gasteiger partial charge in [0.25, 0.3) is 0 Å². The van der Waals surface area contributed by atoms with E-state index in [0.717, 1.165) is 51.6 Å². The molecule has 1 heterocycles. The van der Waals surface area contributed by atoms with E-state index < -0.39 is 0 Å². The van der Waals surface area contributed by atoms with Crippen LogP contribution in [0.3, 0.4) is 0 Å². The molecule has 0 spiro atoms. The van der Waals surface area contributed by atoms with Crippen molar-refractivity contribution in [2.45, 2.75) is 64.3 Å². The maximum Gasteiger partial charge on any atom is 0.244 e. The molecule has 1 saturated heterocycles. The molecule has 2 rings (SSSR count). The maximum atomic E-state index is 12.2. The Balaban J connectivity index is 1.80. The highest BCUT2D eigenvalue weighted by Crippen LogP contribution is 2.23. The molecular formula is C15H26N2O2. The predicted molar refractivity (Wildman–Crippen MR) is 74.6 cm³/mol. The Morgan fingerprint density at radius 1 is 1.00 bits per heavy atom. The van der Waals surface area contributed by atoms with Gasteiger partial charge in [0.05, 0.1) is 0 Å². The SMILES string of the molecule is C[C@@H](NC(=O)C1CCCCC1)C(=O)N1CCCCC1. The normalized spacial score (nSPS) is 22.9. The molecule has 1 saturated carbocycles. The summed E-state index contributed by atoms with van der Waals surface area (Å²) in [4.78, 5) is 26.2. The number of carbonyl (C=O) groups is 2. The first-order chi connectivity index (χ1) is 9.18. The molecule has 0 radical (unpaired) electrons. The molecule has 1 N–H and O–H groups in total. The second-order valence-corrected chi connectivity index (χ2v) is 5.95. The highest BCUT2D eigenvalue weighted by Gasteiger charge is 2.27. The standard InChI is InChI=1S/C15H26N2O2/c1-12(15(19)17-10-6-3-7-11-17)16-14(18)13-8-4-2-5-9-13/h12-13H,2-11H2,1H3,(H,16,18)/t12-/m1/s1. The Morgan fingerprint density at radius 2 is 1.58 bits per heavy atom. The van der Waals surface area contributed by atoms with E-state index in [9.17, 15) is 9.59 Å². The van der Waals surface area contributed by atoms with Crippen LogP contribution in [0.1, 0.15) is 58.3 Å². The molecule has 1 atom stereocenters. The van der Waals surface area contributed by atoms with Gasteiger partial charge in [-0.2, -0.15) is 0 Å². The summed E-state index contributed by atoms with van der Waals surface area (Å²) < 4.78 is 0. The van der Waals surface area contributed by atoms with Crippen molar-refractivity contribution in [2.24, 2.45) is 5.92 Å². The third-order valence-electron chi connectivity index (χ3n) is 4.37. The van der Waals surface area contributed by atoms with E-state index in [2.05, 4.69) is 5.32 Å². The van der Waals surface area contributed by atoms with Crippen molar-refractivity contribution in [3.8, 4) is 0 Å². The number of nitrogens with zero attached hydrogens (tertiary/aromatic N) is 1. The van der Waals surface area contributed by atoms with Crippen molar-refractivity contribution in [1.82, 2.24) is 10.2 Å². The molecule has 19 heavy (non-hydrogen) atoms. The van der Waals surface area contributed by atoms with Gasteiger partial charge in [-0.25, -0.2) is 0 Å². The Bertz CT molecular complexity index is 318. The molecule has 0 unspecified atom stereocenters. The van der Waals surface area contributed by atoms with Crippen LogP contribution in [-0.2, 0) is 9.59 Å². The van der Waals surface area contributed by atoms with Crippen molar-refractivity contribution < 1.29 is 9.59 Å². The van der Waals surface area contributed by atoms with Gasteiger partial charge in [0.1, 0.15) is 6.04 Å². The molecule has 4 heteroatoms. The quantitative estimate of drug-likeness (QED) is 0.850. The van der Waals surface area contributed by atoms with Gasteiger partial charge in [-0.05, 0) is 39.0 Å². The number of hydrogen-bond acceptors (Lipinski definition) is 2. The summed E-state index contributed by atoms with van der Waals surface area (Å²) in [6.07, 6.45) is 8.90. The molecule has 1 aliphatic heterocycles. The van der Waals surface area contributed by atoms with Crippen LogP contribution in [0.5, 0.6) is 0 Å². The first-order valence-electron chi connectivity index (χ1n) is 7.77. The van der Waals surface area contributed by atoms with Crippen LogP contribution in [-0.4, -0.2) is 35.8 Å². The van der Waals surface area contributed by atoms with E-state index in [0.29, 0.717) is 0 Å². The topological polar surface area (TPSA) is 49.4 Å². The third kappa shape index (κ3) is 3.95. The second kappa shape index (κ2) is 6.92. The highest BCUT2D eigenvalue weighted by molar-refractivity contribution is 5.88. The van der Waals surface area contributed by atoms with E-state index >= 15 is 0 Å². The van der Waals surface area contributed by atoms with Crippen LogP contribution in [0.2, 0.25) is 0 Å². The van der Waals surface area contributed by atoms with Gasteiger partial charge in [0, 0.05) is 19.0 Å². The van der Waals surface area contributed by atoms with E-state index in [1.165, 1.54) is 12.8 Å². The van der Waals surface area contributed by atoms with Crippen LogP contribution in [0.25, 0.3) is 0 Å². The molecule has 0 aromatic carbocycles. The van der Waals surface area contributed by atoms with Gasteiger partial charge in [-0.1, -0.05) is 19.3 Å². The average molecular weight is 266 g/mol. The Hall–Kier alpha value is -1.06. The number of hydrogen-bond donors (Lipinski definition) is 1. The van der Waals surface area contributed by atoms with Gasteiger partial charge in [0.2, 0.25) is 11.8 Å². The fourth-order valence-corrected chi connectivity index (χ4v) is 3.15. The lowest BCUT2D eigenvalue weighted by molar-refractivity contribution is -0.137. The molecule has 2 amide bonds. The first kappa shape index (κ1) is 14.4. The smallest absolute Gasteiger partial charge is 0.244 e. The molecule has 4 nitrogen and oxygen atoms in total. The van der Waals surface area contributed by atoms with Gasteiger partial charge in [-0.15, -0.1) is 0 Å². The van der Waals surface area contributed by atoms with Crippen LogP contribution in [0.15, 0.2) is 0 Å². The van der Waals surface area contributed by atoms with Gasteiger partial charge < -0.3 is 10.2 Å². The molecule has 1 aliphatic carbocycles. The van der Waals surface area contributed by atoms with Crippen molar-refractivity contribution in [3.63, 3.8) is 0 Å². The van der Waals surface area contributed by atoms with Crippen molar-refractivity contribution >= 4 is 11.8 Å². The third-order valence-corrected chi connectivity index (χ3v) is 4.37. The minimum Gasteiger partial charge on any atom is -0.344 e. The van der Waals surface area contributed by atoms with Crippen molar-refractivity contribution in [2.75, 3.05) is 13.1 Å². The fraction of sp³-hybridized carbons (Fsp3) is 0.867. The largest absolute Gasteiger partial charge is 0.344 e. The minimum absolute atomic E-state index is 0.0811. The average Bonchev–Trinajstić information content (AvgIpc) is 2.48.